The second-order valence-corrected chi connectivity index (χ2v) is 10.5. The van der Waals surface area contributed by atoms with Crippen LogP contribution < -0.4 is 4.74 Å². The first-order valence-corrected chi connectivity index (χ1v) is 12.4. The number of aryl methyl sites for hydroxylation is 1. The van der Waals surface area contributed by atoms with Gasteiger partial charge in [-0.1, -0.05) is 72.7 Å². The molecule has 5 aromatic rings. The summed E-state index contributed by atoms with van der Waals surface area (Å²) in [7, 11) is 1.94. The Hall–Kier alpha value is -3.78. The monoisotopic (exact) mass is 679 g/mol. The zero-order valence-electron chi connectivity index (χ0n) is 22.0. The quantitative estimate of drug-likeness (QED) is 0.150. The smallest absolute Gasteiger partial charge is 0.509 e. The summed E-state index contributed by atoms with van der Waals surface area (Å²) in [5.74, 6) is 2.12. The van der Waals surface area contributed by atoms with Gasteiger partial charge >= 0.3 is 27.1 Å². The molecule has 6 rings (SSSR count). The Bertz CT molecular complexity index is 1800. The van der Waals surface area contributed by atoms with Gasteiger partial charge in [0.05, 0.1) is 0 Å². The molecule has 0 radical (unpaired) electrons. The molecule has 1 aliphatic heterocycles. The summed E-state index contributed by atoms with van der Waals surface area (Å²) in [4.78, 5) is 4.76. The number of benzene rings is 3. The standard InChI is InChI=1S/C32H28N4O.Pt/c1-22-16-24(35-15-14-34(5)21-35)19-26(17-22)37-25-10-11-28-27-8-6-7-9-29(27)36(30(28)20-25)31-18-23(12-13-33-31)32(2,3)4;/h6-18H,1-5H3;/q;+2. The summed E-state index contributed by atoms with van der Waals surface area (Å²) in [6.45, 7) is 8.70. The molecular weight excluding hydrogens is 651 g/mol. The molecule has 0 bridgehead atoms. The van der Waals surface area contributed by atoms with Gasteiger partial charge in [-0.25, -0.2) is 4.98 Å². The van der Waals surface area contributed by atoms with Crippen LogP contribution in [0.25, 0.3) is 27.6 Å². The van der Waals surface area contributed by atoms with Crippen LogP contribution in [0.3, 0.4) is 0 Å². The number of nitrogens with zero attached hydrogens (tertiary/aromatic N) is 4. The third-order valence-electron chi connectivity index (χ3n) is 6.56. The zero-order valence-corrected chi connectivity index (χ0v) is 24.3. The molecule has 6 heteroatoms. The number of para-hydroxylation sites is 1. The van der Waals surface area contributed by atoms with E-state index in [0.29, 0.717) is 11.5 Å². The molecular formula is C32H28N4OPt+2. The Labute approximate surface area is 237 Å². The number of aromatic nitrogens is 2. The van der Waals surface area contributed by atoms with Crippen LogP contribution in [-0.2, 0) is 26.5 Å². The molecule has 190 valence electrons. The molecule has 3 heterocycles. The molecule has 0 N–H and O–H groups in total. The zero-order chi connectivity index (χ0) is 25.7. The second kappa shape index (κ2) is 9.83. The fraction of sp³-hybridized carbons (Fsp3) is 0.188. The van der Waals surface area contributed by atoms with E-state index in [1.165, 1.54) is 5.56 Å². The van der Waals surface area contributed by atoms with E-state index in [0.717, 1.165) is 38.9 Å². The molecule has 0 unspecified atom stereocenters. The maximum Gasteiger partial charge on any atom is 2.00 e. The Balaban J connectivity index is 0.00000294. The molecule has 38 heavy (non-hydrogen) atoms. The predicted octanol–water partition coefficient (Wildman–Crippen LogP) is 7.12. The molecule has 1 aliphatic rings. The van der Waals surface area contributed by atoms with E-state index in [1.54, 1.807) is 0 Å². The fourth-order valence-corrected chi connectivity index (χ4v) is 4.68. The molecule has 0 saturated carbocycles. The number of ether oxygens (including phenoxy) is 1. The van der Waals surface area contributed by atoms with Gasteiger partial charge in [0.15, 0.2) is 7.05 Å². The molecule has 0 fully saturated rings. The van der Waals surface area contributed by atoms with Crippen LogP contribution >= 0.6 is 0 Å². The molecule has 0 atom stereocenters. The maximum atomic E-state index is 6.32. The van der Waals surface area contributed by atoms with Gasteiger partial charge in [-0.05, 0) is 34.6 Å². The van der Waals surface area contributed by atoms with E-state index in [4.69, 9.17) is 9.72 Å². The van der Waals surface area contributed by atoms with Gasteiger partial charge < -0.3 is 9.30 Å². The number of pyridine rings is 1. The number of rotatable bonds is 4. The van der Waals surface area contributed by atoms with E-state index in [1.807, 2.05) is 53.9 Å². The van der Waals surface area contributed by atoms with Crippen molar-refractivity contribution in [2.45, 2.75) is 33.1 Å². The van der Waals surface area contributed by atoms with Gasteiger partial charge in [-0.2, -0.15) is 11.6 Å². The minimum absolute atomic E-state index is 0. The van der Waals surface area contributed by atoms with Crippen LogP contribution in [0, 0.1) is 19.1 Å². The average Bonchev–Trinajstić information content (AvgIpc) is 3.44. The third-order valence-corrected chi connectivity index (χ3v) is 6.56. The van der Waals surface area contributed by atoms with Gasteiger partial charge in [0.2, 0.25) is 6.20 Å². The molecule has 0 aliphatic carbocycles. The molecule has 0 amide bonds. The van der Waals surface area contributed by atoms with Gasteiger partial charge in [0, 0.05) is 23.2 Å². The van der Waals surface area contributed by atoms with Crippen molar-refractivity contribution in [2.75, 3.05) is 7.05 Å². The summed E-state index contributed by atoms with van der Waals surface area (Å²) in [6, 6.07) is 30.9. The summed E-state index contributed by atoms with van der Waals surface area (Å²) in [5, 5.41) is 2.26. The van der Waals surface area contributed by atoms with Crippen LogP contribution in [0.4, 0.5) is 5.69 Å². The summed E-state index contributed by atoms with van der Waals surface area (Å²) in [6.07, 6.45) is 5.78. The first kappa shape index (κ1) is 25.9. The molecule has 2 aromatic heterocycles. The Kier molecular flexibility index (Phi) is 6.69. The van der Waals surface area contributed by atoms with Crippen LogP contribution in [0.1, 0.15) is 31.9 Å². The van der Waals surface area contributed by atoms with Gasteiger partial charge in [0.1, 0.15) is 11.5 Å². The number of hydrogen-bond donors (Lipinski definition) is 0. The van der Waals surface area contributed by atoms with Crippen molar-refractivity contribution in [3.63, 3.8) is 0 Å². The van der Waals surface area contributed by atoms with Gasteiger partial charge in [-0.15, -0.1) is 23.6 Å². The average molecular weight is 680 g/mol. The summed E-state index contributed by atoms with van der Waals surface area (Å²) in [5.41, 5.74) is 5.20. The molecule has 3 aromatic carbocycles. The molecule has 0 saturated heterocycles. The summed E-state index contributed by atoms with van der Waals surface area (Å²) >= 11 is 0. The van der Waals surface area contributed by atoms with Crippen LogP contribution in [-0.4, -0.2) is 31.8 Å². The SMILES string of the molecule is Cc1cc(Oc2[c-]c3c(cc2)c2ccccc2n3-c2cc(C(C)(C)C)ccn2)[c-]c([N+]2=C=[N+](C)C=C2)c1.[Pt+2]. The summed E-state index contributed by atoms with van der Waals surface area (Å²) < 4.78 is 12.3. The van der Waals surface area contributed by atoms with Crippen LogP contribution in [0.2, 0.25) is 0 Å². The minimum Gasteiger partial charge on any atom is -0.509 e. The van der Waals surface area contributed by atoms with E-state index in [2.05, 4.69) is 92.0 Å². The Morgan fingerprint density at radius 1 is 0.921 bits per heavy atom. The van der Waals surface area contributed by atoms with E-state index < -0.39 is 0 Å². The first-order chi connectivity index (χ1) is 17.8. The fourth-order valence-electron chi connectivity index (χ4n) is 4.68. The van der Waals surface area contributed by atoms with E-state index in [-0.39, 0.29) is 26.5 Å². The van der Waals surface area contributed by atoms with Crippen molar-refractivity contribution >= 4 is 33.5 Å². The van der Waals surface area contributed by atoms with Crippen molar-refractivity contribution in [3.05, 3.63) is 103 Å². The van der Waals surface area contributed by atoms with Crippen molar-refractivity contribution in [1.82, 2.24) is 9.55 Å². The van der Waals surface area contributed by atoms with E-state index in [9.17, 15) is 0 Å². The third kappa shape index (κ3) is 4.76. The number of fused-ring (bicyclic) bond motifs is 3. The van der Waals surface area contributed by atoms with Crippen molar-refractivity contribution < 1.29 is 35.0 Å². The van der Waals surface area contributed by atoms with Crippen LogP contribution in [0.15, 0.2) is 79.3 Å². The Morgan fingerprint density at radius 3 is 2.50 bits per heavy atom. The molecule has 5 nitrogen and oxygen atoms in total. The first-order valence-electron chi connectivity index (χ1n) is 12.4. The van der Waals surface area contributed by atoms with Gasteiger partial charge in [-0.3, -0.25) is 0 Å². The normalized spacial score (nSPS) is 13.0. The largest absolute Gasteiger partial charge is 2.00 e. The van der Waals surface area contributed by atoms with E-state index >= 15 is 0 Å². The van der Waals surface area contributed by atoms with Crippen molar-refractivity contribution in [3.8, 4) is 17.3 Å². The predicted molar refractivity (Wildman–Crippen MR) is 146 cm³/mol. The van der Waals surface area contributed by atoms with Crippen molar-refractivity contribution in [1.29, 1.82) is 0 Å². The van der Waals surface area contributed by atoms with Gasteiger partial charge in [0.25, 0.3) is 6.20 Å². The van der Waals surface area contributed by atoms with Crippen LogP contribution in [0.5, 0.6) is 11.5 Å². The Morgan fingerprint density at radius 2 is 1.74 bits per heavy atom. The van der Waals surface area contributed by atoms with Crippen molar-refractivity contribution in [2.24, 2.45) is 0 Å². The second-order valence-electron chi connectivity index (χ2n) is 10.5. The maximum absolute atomic E-state index is 6.32. The topological polar surface area (TPSA) is 33.1 Å². The number of hydrogen-bond acceptors (Lipinski definition) is 2. The minimum atomic E-state index is 0. The molecule has 0 spiro atoms.